The van der Waals surface area contributed by atoms with Gasteiger partial charge in [-0.3, -0.25) is 0 Å². The van der Waals surface area contributed by atoms with E-state index in [1.54, 1.807) is 0 Å². The van der Waals surface area contributed by atoms with Crippen LogP contribution in [0.5, 0.6) is 0 Å². The van der Waals surface area contributed by atoms with Crippen molar-refractivity contribution >= 4 is 23.4 Å². The number of hydrogen-bond donors (Lipinski definition) is 2. The highest BCUT2D eigenvalue weighted by Crippen LogP contribution is 2.34. The van der Waals surface area contributed by atoms with Gasteiger partial charge in [0, 0.05) is 31.2 Å². The van der Waals surface area contributed by atoms with Crippen LogP contribution in [-0.2, 0) is 9.32 Å². The summed E-state index contributed by atoms with van der Waals surface area (Å²) in [5.74, 6) is 0. The molecule has 0 atom stereocenters. The Hall–Kier alpha value is -1.21. The number of allylic oxidation sites excluding steroid dienone is 2. The first-order valence-corrected chi connectivity index (χ1v) is 13.5. The monoisotopic (exact) mass is 463 g/mol. The summed E-state index contributed by atoms with van der Waals surface area (Å²) < 4.78 is 5.32. The highest BCUT2D eigenvalue weighted by Gasteiger charge is 2.14. The van der Waals surface area contributed by atoms with Crippen molar-refractivity contribution < 1.29 is 9.32 Å². The maximum absolute atomic E-state index is 5.32. The molecule has 0 aromatic heterocycles. The van der Waals surface area contributed by atoms with Gasteiger partial charge in [-0.25, -0.2) is 0 Å². The molecular weight excluding hydrogens is 418 g/mol. The maximum Gasteiger partial charge on any atom is 0.0703 e. The fraction of sp³-hybridized carbons (Fsp3) is 0.692. The summed E-state index contributed by atoms with van der Waals surface area (Å²) in [4.78, 5) is 8.47. The van der Waals surface area contributed by atoms with Crippen LogP contribution >= 0.6 is 12.0 Å². The third-order valence-corrected chi connectivity index (χ3v) is 6.74. The fourth-order valence-electron chi connectivity index (χ4n) is 4.14. The number of rotatable bonds is 18. The van der Waals surface area contributed by atoms with Crippen molar-refractivity contribution in [3.05, 3.63) is 30.0 Å². The molecule has 0 saturated carbocycles. The number of anilines is 2. The molecule has 1 aliphatic carbocycles. The lowest BCUT2D eigenvalue weighted by Gasteiger charge is -2.27. The van der Waals surface area contributed by atoms with Gasteiger partial charge >= 0.3 is 0 Å². The topological polar surface area (TPSA) is 45.8 Å². The summed E-state index contributed by atoms with van der Waals surface area (Å²) >= 11 is 1.24. The minimum atomic E-state index is 0.817. The molecule has 6 heteroatoms. The molecule has 0 saturated heterocycles. The van der Waals surface area contributed by atoms with E-state index in [9.17, 15) is 0 Å². The Bertz CT molecular complexity index is 654. The van der Waals surface area contributed by atoms with E-state index in [2.05, 4.69) is 53.9 Å². The quantitative estimate of drug-likeness (QED) is 0.0995. The van der Waals surface area contributed by atoms with E-state index < -0.39 is 0 Å². The molecule has 1 aromatic carbocycles. The second-order valence-electron chi connectivity index (χ2n) is 8.74. The number of hydroxylamine groups is 1. The molecule has 182 valence electrons. The van der Waals surface area contributed by atoms with Crippen LogP contribution in [0.3, 0.4) is 0 Å². The molecule has 32 heavy (non-hydrogen) atoms. The van der Waals surface area contributed by atoms with Crippen molar-refractivity contribution in [1.29, 1.82) is 0 Å². The normalized spacial score (nSPS) is 13.8. The van der Waals surface area contributed by atoms with Crippen LogP contribution in [0, 0.1) is 0 Å². The third kappa shape index (κ3) is 10.6. The molecule has 0 radical (unpaired) electrons. The highest BCUT2D eigenvalue weighted by molar-refractivity contribution is 7.94. The van der Waals surface area contributed by atoms with E-state index in [1.165, 1.54) is 94.8 Å². The van der Waals surface area contributed by atoms with Gasteiger partial charge in [0.25, 0.3) is 0 Å². The predicted molar refractivity (Wildman–Crippen MR) is 139 cm³/mol. The average molecular weight is 464 g/mol. The molecule has 1 aliphatic rings. The largest absolute Gasteiger partial charge is 0.386 e. The van der Waals surface area contributed by atoms with Crippen LogP contribution in [0.4, 0.5) is 11.4 Å². The van der Waals surface area contributed by atoms with Crippen molar-refractivity contribution in [3.63, 3.8) is 0 Å². The van der Waals surface area contributed by atoms with Crippen molar-refractivity contribution in [2.24, 2.45) is 0 Å². The lowest BCUT2D eigenvalue weighted by atomic mass is 10.0. The van der Waals surface area contributed by atoms with Gasteiger partial charge in [0.15, 0.2) is 0 Å². The fourth-order valence-corrected chi connectivity index (χ4v) is 4.58. The van der Waals surface area contributed by atoms with Gasteiger partial charge in [0.2, 0.25) is 0 Å². The molecule has 0 amide bonds. The van der Waals surface area contributed by atoms with Crippen LogP contribution in [0.15, 0.2) is 34.9 Å². The minimum Gasteiger partial charge on any atom is -0.386 e. The van der Waals surface area contributed by atoms with E-state index in [4.69, 9.17) is 9.32 Å². The maximum atomic E-state index is 5.32. The van der Waals surface area contributed by atoms with Crippen molar-refractivity contribution in [3.8, 4) is 0 Å². The van der Waals surface area contributed by atoms with E-state index in [0.717, 1.165) is 35.7 Å². The van der Waals surface area contributed by atoms with Crippen LogP contribution in [0.25, 0.3) is 0 Å². The van der Waals surface area contributed by atoms with Crippen LogP contribution in [0.1, 0.15) is 96.8 Å². The van der Waals surface area contributed by atoms with Gasteiger partial charge in [-0.05, 0) is 50.3 Å². The summed E-state index contributed by atoms with van der Waals surface area (Å²) in [6, 6.07) is 6.30. The van der Waals surface area contributed by atoms with E-state index in [1.807, 2.05) is 7.05 Å². The van der Waals surface area contributed by atoms with Crippen molar-refractivity contribution in [1.82, 2.24) is 5.48 Å². The molecular formula is C26H45N3O2S. The van der Waals surface area contributed by atoms with Gasteiger partial charge in [0.1, 0.15) is 0 Å². The Labute approximate surface area is 200 Å². The SMILES string of the molecule is CCCCCCCCCCCCNOOSc1ccc(NC)c(N(C)C2=CCCCC2)c1. The Balaban J connectivity index is 1.58. The second-order valence-corrected chi connectivity index (χ2v) is 9.51. The van der Waals surface area contributed by atoms with Crippen molar-refractivity contribution in [2.45, 2.75) is 102 Å². The Morgan fingerprint density at radius 3 is 2.34 bits per heavy atom. The third-order valence-electron chi connectivity index (χ3n) is 6.15. The lowest BCUT2D eigenvalue weighted by molar-refractivity contribution is -0.244. The zero-order valence-corrected chi connectivity index (χ0v) is 21.4. The first kappa shape index (κ1) is 27.0. The summed E-state index contributed by atoms with van der Waals surface area (Å²) in [6.07, 6.45) is 20.6. The van der Waals surface area contributed by atoms with Gasteiger partial charge < -0.3 is 10.2 Å². The standard InChI is InChI=1S/C26H45N3O2S/c1-4-5-6-7-8-9-10-11-12-16-21-28-30-31-32-24-19-20-25(27-2)26(22-24)29(3)23-17-14-13-15-18-23/h17,19-20,22,27-28H,4-16,18,21H2,1-3H3. The van der Waals surface area contributed by atoms with Gasteiger partial charge in [-0.1, -0.05) is 70.8 Å². The van der Waals surface area contributed by atoms with Crippen LogP contribution < -0.4 is 15.7 Å². The summed E-state index contributed by atoms with van der Waals surface area (Å²) in [5, 5.41) is 3.30. The number of benzene rings is 1. The molecule has 1 aromatic rings. The predicted octanol–water partition coefficient (Wildman–Crippen LogP) is 8.00. The van der Waals surface area contributed by atoms with E-state index in [-0.39, 0.29) is 0 Å². The molecule has 0 unspecified atom stereocenters. The molecule has 2 rings (SSSR count). The van der Waals surface area contributed by atoms with Gasteiger partial charge in [-0.2, -0.15) is 5.48 Å². The molecule has 0 spiro atoms. The molecule has 0 bridgehead atoms. The van der Waals surface area contributed by atoms with Crippen LogP contribution in [-0.4, -0.2) is 20.6 Å². The molecule has 5 nitrogen and oxygen atoms in total. The Morgan fingerprint density at radius 2 is 1.69 bits per heavy atom. The first-order valence-electron chi connectivity index (χ1n) is 12.7. The smallest absolute Gasteiger partial charge is 0.0703 e. The summed E-state index contributed by atoms with van der Waals surface area (Å²) in [5.41, 5.74) is 6.59. The minimum absolute atomic E-state index is 0.817. The number of unbranched alkanes of at least 4 members (excludes halogenated alkanes) is 9. The Kier molecular flexibility index (Phi) is 14.6. The zero-order chi connectivity index (χ0) is 22.9. The second kappa shape index (κ2) is 17.3. The molecule has 2 N–H and O–H groups in total. The van der Waals surface area contributed by atoms with Crippen LogP contribution in [0.2, 0.25) is 0 Å². The van der Waals surface area contributed by atoms with Gasteiger partial charge in [0.05, 0.1) is 23.4 Å². The molecule has 0 aliphatic heterocycles. The number of hydrogen-bond acceptors (Lipinski definition) is 6. The van der Waals surface area contributed by atoms with E-state index >= 15 is 0 Å². The average Bonchev–Trinajstić information content (AvgIpc) is 2.84. The summed E-state index contributed by atoms with van der Waals surface area (Å²) in [6.45, 7) is 3.09. The first-order chi connectivity index (χ1) is 15.8. The summed E-state index contributed by atoms with van der Waals surface area (Å²) in [7, 11) is 4.11. The van der Waals surface area contributed by atoms with Crippen molar-refractivity contribution in [2.75, 3.05) is 30.9 Å². The Morgan fingerprint density at radius 1 is 0.969 bits per heavy atom. The zero-order valence-electron chi connectivity index (χ0n) is 20.6. The number of nitrogens with one attached hydrogen (secondary N) is 2. The highest BCUT2D eigenvalue weighted by atomic mass is 32.2. The molecule has 0 heterocycles. The van der Waals surface area contributed by atoms with E-state index in [0.29, 0.717) is 0 Å². The lowest BCUT2D eigenvalue weighted by Crippen LogP contribution is -2.19. The van der Waals surface area contributed by atoms with Gasteiger partial charge in [-0.15, -0.1) is 9.32 Å². The molecule has 0 fully saturated rings. The number of nitrogens with zero attached hydrogens (tertiary/aromatic N) is 1.